The first-order chi connectivity index (χ1) is 11.6. The van der Waals surface area contributed by atoms with E-state index in [1.54, 1.807) is 24.3 Å². The molecule has 24 heavy (non-hydrogen) atoms. The number of carbonyl (C=O) groups is 2. The van der Waals surface area contributed by atoms with Crippen molar-refractivity contribution in [3.8, 4) is 11.5 Å². The van der Waals surface area contributed by atoms with Crippen LogP contribution in [0.1, 0.15) is 20.7 Å². The van der Waals surface area contributed by atoms with E-state index >= 15 is 0 Å². The molecule has 1 aliphatic heterocycles. The largest absolute Gasteiger partial charge is 0.486 e. The van der Waals surface area contributed by atoms with Crippen molar-refractivity contribution in [2.45, 2.75) is 0 Å². The van der Waals surface area contributed by atoms with E-state index in [2.05, 4.69) is 10.1 Å². The topological polar surface area (TPSA) is 73.9 Å². The van der Waals surface area contributed by atoms with Crippen LogP contribution in [0.4, 0.5) is 5.69 Å². The summed E-state index contributed by atoms with van der Waals surface area (Å²) in [5, 5.41) is 2.96. The van der Waals surface area contributed by atoms with E-state index in [-0.39, 0.29) is 16.5 Å². The molecule has 1 heterocycles. The van der Waals surface area contributed by atoms with Crippen molar-refractivity contribution in [2.24, 2.45) is 0 Å². The molecule has 0 atom stereocenters. The SMILES string of the molecule is COC(=O)c1cc(NC(=O)c2ccc3c(c2)OCCO3)ccc1Cl. The lowest BCUT2D eigenvalue weighted by Gasteiger charge is -2.18. The van der Waals surface area contributed by atoms with Crippen molar-refractivity contribution >= 4 is 29.2 Å². The zero-order valence-electron chi connectivity index (χ0n) is 12.8. The summed E-state index contributed by atoms with van der Waals surface area (Å²) in [4.78, 5) is 24.0. The van der Waals surface area contributed by atoms with Crippen LogP contribution in [0.3, 0.4) is 0 Å². The molecule has 0 aliphatic carbocycles. The number of benzene rings is 2. The maximum Gasteiger partial charge on any atom is 0.339 e. The van der Waals surface area contributed by atoms with E-state index in [9.17, 15) is 9.59 Å². The second-order valence-corrected chi connectivity index (χ2v) is 5.41. The van der Waals surface area contributed by atoms with Crippen molar-refractivity contribution in [3.63, 3.8) is 0 Å². The van der Waals surface area contributed by atoms with Gasteiger partial charge in [0.1, 0.15) is 13.2 Å². The van der Waals surface area contributed by atoms with Crippen molar-refractivity contribution in [1.29, 1.82) is 0 Å². The van der Waals surface area contributed by atoms with Crippen molar-refractivity contribution < 1.29 is 23.8 Å². The number of esters is 1. The first-order valence-electron chi connectivity index (χ1n) is 7.17. The third kappa shape index (κ3) is 3.28. The summed E-state index contributed by atoms with van der Waals surface area (Å²) >= 11 is 5.96. The maximum atomic E-state index is 12.4. The molecule has 0 unspecified atom stereocenters. The quantitative estimate of drug-likeness (QED) is 0.863. The van der Waals surface area contributed by atoms with Gasteiger partial charge in [0.05, 0.1) is 17.7 Å². The molecule has 0 saturated carbocycles. The second kappa shape index (κ2) is 6.80. The molecule has 7 heteroatoms. The Hall–Kier alpha value is -2.73. The molecule has 0 aromatic heterocycles. The smallest absolute Gasteiger partial charge is 0.339 e. The summed E-state index contributed by atoms with van der Waals surface area (Å²) in [7, 11) is 1.26. The van der Waals surface area contributed by atoms with E-state index < -0.39 is 5.97 Å². The lowest BCUT2D eigenvalue weighted by atomic mass is 10.1. The third-order valence-electron chi connectivity index (χ3n) is 3.43. The second-order valence-electron chi connectivity index (χ2n) is 5.00. The average molecular weight is 348 g/mol. The summed E-state index contributed by atoms with van der Waals surface area (Å²) in [6.45, 7) is 0.928. The molecule has 1 N–H and O–H groups in total. The highest BCUT2D eigenvalue weighted by molar-refractivity contribution is 6.33. The van der Waals surface area contributed by atoms with E-state index in [4.69, 9.17) is 21.1 Å². The fourth-order valence-electron chi connectivity index (χ4n) is 2.26. The number of methoxy groups -OCH3 is 1. The Balaban J connectivity index is 1.81. The Morgan fingerprint density at radius 2 is 1.83 bits per heavy atom. The number of hydrogen-bond donors (Lipinski definition) is 1. The average Bonchev–Trinajstić information content (AvgIpc) is 2.62. The molecular formula is C17H14ClNO5. The van der Waals surface area contributed by atoms with Crippen LogP contribution >= 0.6 is 11.6 Å². The minimum absolute atomic E-state index is 0.180. The van der Waals surface area contributed by atoms with Gasteiger partial charge in [-0.1, -0.05) is 11.6 Å². The van der Waals surface area contributed by atoms with Gasteiger partial charge in [0.25, 0.3) is 5.91 Å². The summed E-state index contributed by atoms with van der Waals surface area (Å²) in [5.74, 6) is 0.220. The van der Waals surface area contributed by atoms with Crippen LogP contribution in [0.15, 0.2) is 36.4 Å². The number of hydrogen-bond acceptors (Lipinski definition) is 5. The molecule has 3 rings (SSSR count). The van der Waals surface area contributed by atoms with E-state index in [0.29, 0.717) is 36.0 Å². The highest BCUT2D eigenvalue weighted by atomic mass is 35.5. The number of rotatable bonds is 3. The molecule has 1 amide bonds. The Morgan fingerprint density at radius 1 is 1.08 bits per heavy atom. The zero-order chi connectivity index (χ0) is 17.1. The fraction of sp³-hybridized carbons (Fsp3) is 0.176. The molecule has 124 valence electrons. The monoisotopic (exact) mass is 347 g/mol. The molecule has 0 fully saturated rings. The van der Waals surface area contributed by atoms with Crippen molar-refractivity contribution in [1.82, 2.24) is 0 Å². The van der Waals surface area contributed by atoms with Gasteiger partial charge < -0.3 is 19.5 Å². The Labute approximate surface area is 143 Å². The first kappa shape index (κ1) is 16.1. The number of amides is 1. The summed E-state index contributed by atoms with van der Waals surface area (Å²) in [6.07, 6.45) is 0. The van der Waals surface area contributed by atoms with Gasteiger partial charge in [-0.25, -0.2) is 4.79 Å². The molecule has 2 aromatic carbocycles. The molecule has 0 bridgehead atoms. The van der Waals surface area contributed by atoms with Crippen LogP contribution in [0.25, 0.3) is 0 Å². The molecule has 6 nitrogen and oxygen atoms in total. The number of ether oxygens (including phenoxy) is 3. The normalized spacial score (nSPS) is 12.4. The molecule has 0 spiro atoms. The van der Waals surface area contributed by atoms with Crippen LogP contribution in [-0.2, 0) is 4.74 Å². The predicted octanol–water partition coefficient (Wildman–Crippen LogP) is 3.15. The molecule has 1 aliphatic rings. The van der Waals surface area contributed by atoms with Gasteiger partial charge in [-0.05, 0) is 36.4 Å². The Bertz CT molecular complexity index is 806. The Kier molecular flexibility index (Phi) is 4.57. The van der Waals surface area contributed by atoms with E-state index in [0.717, 1.165) is 0 Å². The number of halogens is 1. The molecular weight excluding hydrogens is 334 g/mol. The number of anilines is 1. The lowest BCUT2D eigenvalue weighted by Crippen LogP contribution is -2.17. The van der Waals surface area contributed by atoms with Crippen LogP contribution in [0.2, 0.25) is 5.02 Å². The van der Waals surface area contributed by atoms with E-state index in [1.165, 1.54) is 19.2 Å². The molecule has 0 saturated heterocycles. The standard InChI is InChI=1S/C17H14ClNO5/c1-22-17(21)12-9-11(3-4-13(12)18)19-16(20)10-2-5-14-15(8-10)24-7-6-23-14/h2-5,8-9H,6-7H2,1H3,(H,19,20). The third-order valence-corrected chi connectivity index (χ3v) is 3.76. The fourth-order valence-corrected chi connectivity index (χ4v) is 2.45. The van der Waals surface area contributed by atoms with Gasteiger partial charge in [-0.3, -0.25) is 4.79 Å². The van der Waals surface area contributed by atoms with Gasteiger partial charge in [0, 0.05) is 11.3 Å². The maximum absolute atomic E-state index is 12.4. The number of fused-ring (bicyclic) bond motifs is 1. The van der Waals surface area contributed by atoms with Crippen LogP contribution in [0.5, 0.6) is 11.5 Å². The minimum atomic E-state index is -0.574. The van der Waals surface area contributed by atoms with Crippen LogP contribution < -0.4 is 14.8 Å². The van der Waals surface area contributed by atoms with Gasteiger partial charge >= 0.3 is 5.97 Å². The van der Waals surface area contributed by atoms with Crippen LogP contribution in [-0.4, -0.2) is 32.2 Å². The number of carbonyl (C=O) groups excluding carboxylic acids is 2. The highest BCUT2D eigenvalue weighted by Crippen LogP contribution is 2.31. The first-order valence-corrected chi connectivity index (χ1v) is 7.55. The lowest BCUT2D eigenvalue weighted by molar-refractivity contribution is 0.0600. The van der Waals surface area contributed by atoms with Crippen LogP contribution in [0, 0.1) is 0 Å². The highest BCUT2D eigenvalue weighted by Gasteiger charge is 2.16. The van der Waals surface area contributed by atoms with Gasteiger partial charge in [-0.15, -0.1) is 0 Å². The molecule has 0 radical (unpaired) electrons. The molecule has 2 aromatic rings. The van der Waals surface area contributed by atoms with Gasteiger partial charge in [-0.2, -0.15) is 0 Å². The summed E-state index contributed by atoms with van der Waals surface area (Å²) in [5.41, 5.74) is 1.02. The minimum Gasteiger partial charge on any atom is -0.486 e. The summed E-state index contributed by atoms with van der Waals surface area (Å²) < 4.78 is 15.5. The van der Waals surface area contributed by atoms with Crippen molar-refractivity contribution in [2.75, 3.05) is 25.6 Å². The van der Waals surface area contributed by atoms with Gasteiger partial charge in [0.2, 0.25) is 0 Å². The predicted molar refractivity (Wildman–Crippen MR) is 88.2 cm³/mol. The number of nitrogens with one attached hydrogen (secondary N) is 1. The zero-order valence-corrected chi connectivity index (χ0v) is 13.6. The Morgan fingerprint density at radius 3 is 2.58 bits per heavy atom. The van der Waals surface area contributed by atoms with Crippen molar-refractivity contribution in [3.05, 3.63) is 52.5 Å². The summed E-state index contributed by atoms with van der Waals surface area (Å²) in [6, 6.07) is 9.52. The van der Waals surface area contributed by atoms with Gasteiger partial charge in [0.15, 0.2) is 11.5 Å². The van der Waals surface area contributed by atoms with E-state index in [1.807, 2.05) is 0 Å².